The van der Waals surface area contributed by atoms with Crippen LogP contribution in [0.3, 0.4) is 0 Å². The minimum absolute atomic E-state index is 0.311. The van der Waals surface area contributed by atoms with Gasteiger partial charge < -0.3 is 0 Å². The third kappa shape index (κ3) is 35.4. The normalized spacial score (nSPS) is 16.0. The van der Waals surface area contributed by atoms with Gasteiger partial charge in [0.1, 0.15) is 0 Å². The summed E-state index contributed by atoms with van der Waals surface area (Å²) in [6.07, 6.45) is 0. The maximum atomic E-state index is 3.72. The molecule has 0 N–H and O–H groups in total. The van der Waals surface area contributed by atoms with E-state index in [4.69, 9.17) is 0 Å². The molecule has 43 unspecified atom stereocenters. The molecule has 0 aromatic rings. The molecular formula is CH79P75. The van der Waals surface area contributed by atoms with Crippen molar-refractivity contribution in [2.45, 2.75) is 4.38 Å². The molecule has 0 aromatic carbocycles. The van der Waals surface area contributed by atoms with Gasteiger partial charge in [-0.05, 0) is 246 Å². The van der Waals surface area contributed by atoms with Crippen LogP contribution in [0.2, 0.25) is 0 Å². The SMILES string of the molecule is PPP(P(P)P)P(P(P(P)P)P(P)P)P(P(P(P(P)P)P(P)P)P(P(P)P)P(P)P)C(P(P(P(P)P)P(P)P)P(P(P)P)P(P)P)(P(P(P(P)P)P(P)P)P(P(P)P)P(P)P)P(P(P(P)P)P(P)P)P(P(P)P)P(P)P. The predicted molar refractivity (Wildman–Crippen MR) is 632 cm³/mol. The minimum atomic E-state index is -0.585. The average Bonchev–Trinajstić information content (AvgIpc) is 3.19. The van der Waals surface area contributed by atoms with E-state index in [1.54, 1.807) is 0 Å². The van der Waals surface area contributed by atoms with Crippen molar-refractivity contribution in [3.63, 3.8) is 0 Å². The molecule has 0 spiro atoms. The van der Waals surface area contributed by atoms with Crippen LogP contribution in [0.4, 0.5) is 0 Å². The molecule has 0 fully saturated rings. The lowest BCUT2D eigenvalue weighted by Crippen LogP contribution is -2.14. The van der Waals surface area contributed by atoms with Crippen LogP contribution >= 0.6 is 602 Å². The Morgan fingerprint density at radius 3 is 0.408 bits per heavy atom. The lowest BCUT2D eigenvalue weighted by atomic mass is 11.8. The highest BCUT2D eigenvalue weighted by atomic mass is 33.4. The minimum Gasteiger partial charge on any atom is -0.109 e. The van der Waals surface area contributed by atoms with Gasteiger partial charge in [-0.15, -0.1) is 348 Å². The molecule has 75 heteroatoms. The van der Waals surface area contributed by atoms with E-state index in [-0.39, 0.29) is 76.9 Å². The maximum absolute atomic E-state index is 3.72. The lowest BCUT2D eigenvalue weighted by Gasteiger charge is -2.70. The summed E-state index contributed by atoms with van der Waals surface area (Å²) in [4.78, 5) is 0. The fourth-order valence-electron chi connectivity index (χ4n) is 5.19. The Morgan fingerprint density at radius 1 is 0.158 bits per heavy atom. The van der Waals surface area contributed by atoms with E-state index in [0.29, 0.717) is 4.38 Å². The van der Waals surface area contributed by atoms with Gasteiger partial charge in [-0.25, -0.2) is 0 Å². The summed E-state index contributed by atoms with van der Waals surface area (Å²) in [7, 11) is 143. The van der Waals surface area contributed by atoms with Gasteiger partial charge in [0.15, 0.2) is 0 Å². The van der Waals surface area contributed by atoms with Crippen LogP contribution in [0.1, 0.15) is 0 Å². The highest BCUT2D eigenvalue weighted by Crippen LogP contribution is 3.47. The van der Waals surface area contributed by atoms with Crippen LogP contribution in [0, 0.1) is 0 Å². The van der Waals surface area contributed by atoms with Crippen molar-refractivity contribution in [3.05, 3.63) is 0 Å². The molecule has 76 heavy (non-hydrogen) atoms. The zero-order valence-corrected chi connectivity index (χ0v) is 117. The van der Waals surface area contributed by atoms with Crippen LogP contribution in [0.5, 0.6) is 0 Å². The molecule has 0 aromatic heterocycles. The Balaban J connectivity index is 13.2. The van der Waals surface area contributed by atoms with Gasteiger partial charge in [-0.3, -0.25) is 0 Å². The molecule has 0 nitrogen and oxygen atoms in total. The molecule has 0 heterocycles. The van der Waals surface area contributed by atoms with Gasteiger partial charge in [-0.1, -0.05) is 7.96 Å². The lowest BCUT2D eigenvalue weighted by molar-refractivity contribution is 1.87. The molecular weight excluding hydrogens is 2340 g/mol. The van der Waals surface area contributed by atoms with Crippen LogP contribution in [-0.2, 0) is 0 Å². The monoisotopic (exact) mass is 2410 g/mol. The fraction of sp³-hybridized carbons (Fsp3) is 1.00. The van der Waals surface area contributed by atoms with Crippen molar-refractivity contribution in [2.75, 3.05) is 0 Å². The van der Waals surface area contributed by atoms with Gasteiger partial charge in [0.25, 0.3) is 0 Å². The summed E-state index contributed by atoms with van der Waals surface area (Å²) in [5, 5.41) is 0. The topological polar surface area (TPSA) is 0 Å². The second-order valence-electron chi connectivity index (χ2n) is 12.3. The molecule has 0 radical (unpaired) electrons. The molecule has 0 aliphatic heterocycles. The van der Waals surface area contributed by atoms with E-state index in [1.807, 2.05) is 0 Å². The van der Waals surface area contributed by atoms with Crippen molar-refractivity contribution in [1.29, 1.82) is 0 Å². The second kappa shape index (κ2) is 58.2. The smallest absolute Gasteiger partial charge is 0.0860 e. The van der Waals surface area contributed by atoms with Crippen LogP contribution < -0.4 is 0 Å². The second-order valence-corrected chi connectivity index (χ2v) is 308. The van der Waals surface area contributed by atoms with Crippen molar-refractivity contribution < 1.29 is 0 Å². The third-order valence-corrected chi connectivity index (χ3v) is 481. The first kappa shape index (κ1) is 108. The van der Waals surface area contributed by atoms with Gasteiger partial charge in [0, 0.05) is 0 Å². The quantitative estimate of drug-likeness (QED) is 0.0549. The van der Waals surface area contributed by atoms with Gasteiger partial charge >= 0.3 is 0 Å². The molecule has 0 saturated heterocycles. The van der Waals surface area contributed by atoms with Crippen LogP contribution in [0.25, 0.3) is 0 Å². The van der Waals surface area contributed by atoms with E-state index in [1.165, 1.54) is 0 Å². The molecule has 0 bridgehead atoms. The third-order valence-electron chi connectivity index (χ3n) is 7.13. The van der Waals surface area contributed by atoms with Crippen LogP contribution in [-0.4, -0.2) is 4.38 Å². The van der Waals surface area contributed by atoms with Crippen molar-refractivity contribution >= 4 is 602 Å². The first-order chi connectivity index (χ1) is 34.5. The molecule has 0 amide bonds. The zero-order valence-electron chi connectivity index (χ0n) is 39.2. The molecule has 0 aliphatic carbocycles. The van der Waals surface area contributed by atoms with Crippen molar-refractivity contribution in [3.8, 4) is 0 Å². The zero-order chi connectivity index (χ0) is 60.4. The number of hydrogen-bond acceptors (Lipinski definition) is 0. The Bertz CT molecular complexity index is 1230. The summed E-state index contributed by atoms with van der Waals surface area (Å²) in [5.74, 6) is 0. The van der Waals surface area contributed by atoms with E-state index >= 15 is 0 Å². The van der Waals surface area contributed by atoms with Gasteiger partial charge in [-0.2, -0.15) is 0 Å². The molecule has 0 rings (SSSR count). The first-order valence-electron chi connectivity index (χ1n) is 17.4. The molecule has 458 valence electrons. The maximum Gasteiger partial charge on any atom is 0.0860 e. The van der Waals surface area contributed by atoms with Crippen molar-refractivity contribution in [2.24, 2.45) is 0 Å². The largest absolute Gasteiger partial charge is 0.109 e. The standard InChI is InChI=1S/CH79P75/c2-41-65(46(3)4)72(74(59(29)30)60(31)32)45(73(75(61(33)34)62(35)36)76(63(37)38)64(39)40)1(42(66(47(5)6)48(7)8)67(49(9)10)50(11)12,43(68(51(13)14)52(15)16)69(53(17)18)54(19)20)44(70(55(21)22)56(23)24)71(57(25)26)58(27)28/h41H,2-40H2. The Morgan fingerprint density at radius 2 is 0.289 bits per heavy atom. The predicted octanol–water partition coefficient (Wildman–Crippen LogP) is 43.2. The van der Waals surface area contributed by atoms with E-state index in [0.717, 1.165) is 7.96 Å². The summed E-state index contributed by atoms with van der Waals surface area (Å²) < 4.78 is 0.311. The van der Waals surface area contributed by atoms with Crippen molar-refractivity contribution in [1.82, 2.24) is 0 Å². The Labute approximate surface area is 597 Å². The summed E-state index contributed by atoms with van der Waals surface area (Å²) in [6, 6.07) is 0. The van der Waals surface area contributed by atoms with E-state index in [9.17, 15) is 0 Å². The molecule has 0 saturated carbocycles. The Hall–Kier alpha value is 32.2. The summed E-state index contributed by atoms with van der Waals surface area (Å²) in [5.41, 5.74) is 0. The summed E-state index contributed by atoms with van der Waals surface area (Å²) >= 11 is 0. The average molecular weight is 2410 g/mol. The number of hydrogen-bond donors (Lipinski definition) is 0. The highest BCUT2D eigenvalue weighted by molar-refractivity contribution is 9.43. The number of rotatable bonds is 36. The van der Waals surface area contributed by atoms with Gasteiger partial charge in [0.05, 0.1) is 4.38 Å². The van der Waals surface area contributed by atoms with Gasteiger partial charge in [0.2, 0.25) is 0 Å². The van der Waals surface area contributed by atoms with E-state index in [2.05, 4.69) is 348 Å². The fourth-order valence-corrected chi connectivity index (χ4v) is 902. The van der Waals surface area contributed by atoms with Crippen LogP contribution in [0.15, 0.2) is 0 Å². The highest BCUT2D eigenvalue weighted by Gasteiger charge is 2.74. The summed E-state index contributed by atoms with van der Waals surface area (Å²) in [6.45, 7) is -12.4. The molecule has 0 aliphatic rings. The Kier molecular flexibility index (Phi) is 82.9. The molecule has 43 atom stereocenters. The van der Waals surface area contributed by atoms with E-state index < -0.39 is 169 Å². The first-order valence-corrected chi connectivity index (χ1v) is 151.